The lowest BCUT2D eigenvalue weighted by Gasteiger charge is -2.30. The van der Waals surface area contributed by atoms with Gasteiger partial charge in [-0.05, 0) is 36.4 Å². The number of aromatic nitrogens is 2. The first-order chi connectivity index (χ1) is 16.9. The van der Waals surface area contributed by atoms with Gasteiger partial charge in [0.1, 0.15) is 24.1 Å². The Morgan fingerprint density at radius 2 is 2.11 bits per heavy atom. The molecule has 0 unspecified atom stereocenters. The summed E-state index contributed by atoms with van der Waals surface area (Å²) < 4.78 is 23.7. The smallest absolute Gasteiger partial charge is 0.320 e. The largest absolute Gasteiger partial charge is 0.458 e. The number of methoxy groups -OCH3 is 1. The summed E-state index contributed by atoms with van der Waals surface area (Å²) in [4.78, 5) is 34.5. The number of hydrogen-bond acceptors (Lipinski definition) is 8. The molecule has 1 aliphatic rings. The average molecular weight is 500 g/mol. The third kappa shape index (κ3) is 6.50. The fraction of sp³-hybridized carbons (Fsp3) is 0.250. The van der Waals surface area contributed by atoms with E-state index in [0.717, 1.165) is 0 Å². The summed E-state index contributed by atoms with van der Waals surface area (Å²) in [6, 6.07) is 9.50. The number of hydrogen-bond donors (Lipinski definition) is 2. The molecule has 11 heteroatoms. The fourth-order valence-corrected chi connectivity index (χ4v) is 3.83. The molecule has 9 nitrogen and oxygen atoms in total. The van der Waals surface area contributed by atoms with Gasteiger partial charge in [0, 0.05) is 43.0 Å². The SMILES string of the molecule is COC[C@@H]1CN(C/C=C/C(=O)Nc2ccc3ncnc(Nc4ccc(F)c(Cl)c4)c3c2)CC(=O)O1. The van der Waals surface area contributed by atoms with Crippen LogP contribution in [0.5, 0.6) is 0 Å². The Labute approximate surface area is 205 Å². The molecule has 1 fully saturated rings. The number of anilines is 3. The molecule has 182 valence electrons. The van der Waals surface area contributed by atoms with Crippen molar-refractivity contribution in [1.29, 1.82) is 0 Å². The van der Waals surface area contributed by atoms with Crippen molar-refractivity contribution in [1.82, 2.24) is 14.9 Å². The standard InChI is InChI=1S/C24H23ClFN5O4/c1-34-13-17-11-31(12-23(33)35-17)8-2-3-22(32)29-15-5-7-21-18(9-15)24(28-14-27-21)30-16-4-6-20(26)19(25)10-16/h2-7,9-10,14,17H,8,11-13H2,1H3,(H,29,32)(H,27,28,30)/b3-2+/t17-/m0/s1. The summed E-state index contributed by atoms with van der Waals surface area (Å²) in [5.74, 6) is -0.680. The van der Waals surface area contributed by atoms with Gasteiger partial charge in [0.05, 0.1) is 23.7 Å². The lowest BCUT2D eigenvalue weighted by atomic mass is 10.2. The van der Waals surface area contributed by atoms with Gasteiger partial charge in [-0.3, -0.25) is 14.5 Å². The molecule has 2 heterocycles. The van der Waals surface area contributed by atoms with E-state index in [2.05, 4.69) is 20.6 Å². The van der Waals surface area contributed by atoms with Gasteiger partial charge in [0.25, 0.3) is 0 Å². The molecule has 1 aromatic heterocycles. The Bertz CT molecular complexity index is 1270. The molecule has 1 saturated heterocycles. The molecule has 4 rings (SSSR count). The van der Waals surface area contributed by atoms with Crippen LogP contribution in [0.4, 0.5) is 21.6 Å². The first-order valence-corrected chi connectivity index (χ1v) is 11.1. The monoisotopic (exact) mass is 499 g/mol. The Balaban J connectivity index is 1.41. The Morgan fingerprint density at radius 3 is 2.91 bits per heavy atom. The van der Waals surface area contributed by atoms with E-state index in [0.29, 0.717) is 47.8 Å². The first kappa shape index (κ1) is 24.5. The Kier molecular flexibility index (Phi) is 7.86. The topological polar surface area (TPSA) is 106 Å². The van der Waals surface area contributed by atoms with Crippen molar-refractivity contribution in [3.63, 3.8) is 0 Å². The fourth-order valence-electron chi connectivity index (χ4n) is 3.64. The van der Waals surface area contributed by atoms with Crippen LogP contribution in [0.3, 0.4) is 0 Å². The maximum atomic E-state index is 13.5. The lowest BCUT2D eigenvalue weighted by Crippen LogP contribution is -2.47. The molecule has 1 amide bonds. The molecule has 2 aromatic carbocycles. The van der Waals surface area contributed by atoms with Crippen LogP contribution in [-0.4, -0.2) is 66.2 Å². The highest BCUT2D eigenvalue weighted by atomic mass is 35.5. The van der Waals surface area contributed by atoms with Crippen LogP contribution in [0.25, 0.3) is 10.9 Å². The van der Waals surface area contributed by atoms with E-state index < -0.39 is 5.82 Å². The van der Waals surface area contributed by atoms with E-state index in [1.54, 1.807) is 37.5 Å². The molecule has 1 atom stereocenters. The lowest BCUT2D eigenvalue weighted by molar-refractivity contribution is -0.161. The molecule has 0 saturated carbocycles. The first-order valence-electron chi connectivity index (χ1n) is 10.8. The number of nitrogens with one attached hydrogen (secondary N) is 2. The van der Waals surface area contributed by atoms with Gasteiger partial charge in [-0.15, -0.1) is 0 Å². The molecule has 1 aliphatic heterocycles. The van der Waals surface area contributed by atoms with Gasteiger partial charge in [-0.1, -0.05) is 17.7 Å². The number of cyclic esters (lactones) is 1. The molecular weight excluding hydrogens is 477 g/mol. The second kappa shape index (κ2) is 11.2. The third-order valence-corrected chi connectivity index (χ3v) is 5.47. The number of ether oxygens (including phenoxy) is 2. The van der Waals surface area contributed by atoms with E-state index in [9.17, 15) is 14.0 Å². The number of nitrogens with zero attached hydrogens (tertiary/aromatic N) is 3. The maximum Gasteiger partial charge on any atom is 0.320 e. The van der Waals surface area contributed by atoms with Gasteiger partial charge < -0.3 is 20.1 Å². The number of carbonyl (C=O) groups is 2. The highest BCUT2D eigenvalue weighted by Crippen LogP contribution is 2.27. The summed E-state index contributed by atoms with van der Waals surface area (Å²) in [6.45, 7) is 1.43. The van der Waals surface area contributed by atoms with Crippen molar-refractivity contribution < 1.29 is 23.5 Å². The van der Waals surface area contributed by atoms with Crippen molar-refractivity contribution in [3.8, 4) is 0 Å². The minimum atomic E-state index is -0.516. The summed E-state index contributed by atoms with van der Waals surface area (Å²) in [5.41, 5.74) is 1.76. The Morgan fingerprint density at radius 1 is 1.29 bits per heavy atom. The van der Waals surface area contributed by atoms with Crippen molar-refractivity contribution >= 4 is 51.6 Å². The minimum absolute atomic E-state index is 0.0104. The number of morpholine rings is 1. The van der Waals surface area contributed by atoms with Crippen molar-refractivity contribution in [2.75, 3.05) is 44.0 Å². The summed E-state index contributed by atoms with van der Waals surface area (Å²) >= 11 is 5.87. The molecule has 0 radical (unpaired) electrons. The van der Waals surface area contributed by atoms with Gasteiger partial charge in [-0.25, -0.2) is 14.4 Å². The highest BCUT2D eigenvalue weighted by molar-refractivity contribution is 6.31. The van der Waals surface area contributed by atoms with Gasteiger partial charge in [0.15, 0.2) is 0 Å². The maximum absolute atomic E-state index is 13.5. The van der Waals surface area contributed by atoms with Crippen LogP contribution in [0.2, 0.25) is 5.02 Å². The molecule has 35 heavy (non-hydrogen) atoms. The number of fused-ring (bicyclic) bond motifs is 1. The van der Waals surface area contributed by atoms with Crippen molar-refractivity contribution in [2.24, 2.45) is 0 Å². The summed E-state index contributed by atoms with van der Waals surface area (Å²) in [6.07, 6.45) is 4.19. The number of carbonyl (C=O) groups excluding carboxylic acids is 2. The summed E-state index contributed by atoms with van der Waals surface area (Å²) in [5, 5.41) is 6.56. The number of rotatable bonds is 8. The predicted molar refractivity (Wildman–Crippen MR) is 130 cm³/mol. The molecule has 3 aromatic rings. The van der Waals surface area contributed by atoms with Gasteiger partial charge in [0.2, 0.25) is 5.91 Å². The highest BCUT2D eigenvalue weighted by Gasteiger charge is 2.25. The Hall–Kier alpha value is -3.60. The van der Waals surface area contributed by atoms with Crippen LogP contribution in [-0.2, 0) is 19.1 Å². The average Bonchev–Trinajstić information content (AvgIpc) is 2.82. The van der Waals surface area contributed by atoms with E-state index in [4.69, 9.17) is 21.1 Å². The number of benzene rings is 2. The minimum Gasteiger partial charge on any atom is -0.458 e. The molecule has 2 N–H and O–H groups in total. The van der Waals surface area contributed by atoms with Crippen LogP contribution in [0, 0.1) is 5.82 Å². The molecule has 0 spiro atoms. The zero-order chi connectivity index (χ0) is 24.8. The zero-order valence-corrected chi connectivity index (χ0v) is 19.6. The predicted octanol–water partition coefficient (Wildman–Crippen LogP) is 3.53. The van der Waals surface area contributed by atoms with E-state index in [-0.39, 0.29) is 29.5 Å². The van der Waals surface area contributed by atoms with E-state index in [1.165, 1.54) is 24.5 Å². The van der Waals surface area contributed by atoms with E-state index in [1.807, 2.05) is 4.90 Å². The van der Waals surface area contributed by atoms with Crippen LogP contribution in [0.15, 0.2) is 54.9 Å². The van der Waals surface area contributed by atoms with Crippen LogP contribution in [0.1, 0.15) is 0 Å². The zero-order valence-electron chi connectivity index (χ0n) is 18.8. The second-order valence-electron chi connectivity index (χ2n) is 7.86. The molecule has 0 bridgehead atoms. The molecule has 0 aliphatic carbocycles. The van der Waals surface area contributed by atoms with Crippen molar-refractivity contribution in [3.05, 3.63) is 65.7 Å². The quantitative estimate of drug-likeness (QED) is 0.358. The summed E-state index contributed by atoms with van der Waals surface area (Å²) in [7, 11) is 1.55. The number of amides is 1. The number of esters is 1. The van der Waals surface area contributed by atoms with Gasteiger partial charge in [-0.2, -0.15) is 0 Å². The number of halogens is 2. The van der Waals surface area contributed by atoms with Crippen molar-refractivity contribution in [2.45, 2.75) is 6.10 Å². The van der Waals surface area contributed by atoms with Gasteiger partial charge >= 0.3 is 5.97 Å². The normalized spacial score (nSPS) is 16.4. The van der Waals surface area contributed by atoms with Crippen LogP contribution >= 0.6 is 11.6 Å². The van der Waals surface area contributed by atoms with E-state index >= 15 is 0 Å². The molecular formula is C24H23ClFN5O4. The third-order valence-electron chi connectivity index (χ3n) is 5.18. The second-order valence-corrected chi connectivity index (χ2v) is 8.27. The van der Waals surface area contributed by atoms with Crippen LogP contribution < -0.4 is 10.6 Å².